The van der Waals surface area contributed by atoms with Gasteiger partial charge in [0, 0.05) is 12.1 Å². The lowest BCUT2D eigenvalue weighted by Gasteiger charge is -1.97. The van der Waals surface area contributed by atoms with Crippen LogP contribution in [0.25, 0.3) is 0 Å². The van der Waals surface area contributed by atoms with Crippen LogP contribution in [0.4, 0.5) is 5.69 Å². The van der Waals surface area contributed by atoms with Gasteiger partial charge in [-0.1, -0.05) is 30.3 Å². The van der Waals surface area contributed by atoms with Gasteiger partial charge in [0.15, 0.2) is 0 Å². The summed E-state index contributed by atoms with van der Waals surface area (Å²) in [7, 11) is 0. The molecule has 0 fully saturated rings. The molecule has 1 radical (unpaired) electrons. The Balaban J connectivity index is 1.87. The molecule has 2 rings (SSSR count). The van der Waals surface area contributed by atoms with Crippen molar-refractivity contribution < 1.29 is 14.6 Å². The van der Waals surface area contributed by atoms with Crippen LogP contribution < -0.4 is 5.48 Å². The van der Waals surface area contributed by atoms with Gasteiger partial charge in [-0.05, 0) is 23.2 Å². The molecular weight excluding hydrogens is 260 g/mol. The van der Waals surface area contributed by atoms with Crippen molar-refractivity contribution >= 4 is 11.7 Å². The second kappa shape index (κ2) is 6.44. The Morgan fingerprint density at radius 1 is 1.15 bits per heavy atom. The second-order valence-corrected chi connectivity index (χ2v) is 4.00. The Labute approximate surface area is 115 Å². The van der Waals surface area contributed by atoms with Crippen molar-refractivity contribution in [2.45, 2.75) is 6.54 Å². The first kappa shape index (κ1) is 13.7. The van der Waals surface area contributed by atoms with Crippen molar-refractivity contribution in [3.8, 4) is 0 Å². The van der Waals surface area contributed by atoms with Gasteiger partial charge in [-0.2, -0.15) is 4.84 Å². The molecule has 2 aromatic rings. The molecule has 0 saturated heterocycles. The fraction of sp³-hybridized carbons (Fsp3) is 0.0714. The minimum Gasteiger partial charge on any atom is -0.258 e. The molecule has 0 unspecified atom stereocenters. The molecule has 0 bridgehead atoms. The van der Waals surface area contributed by atoms with Gasteiger partial charge in [-0.15, -0.1) is 0 Å². The normalized spacial score (nSPS) is 10.0. The maximum Gasteiger partial charge on any atom is 0.630 e. The molecule has 0 aliphatic heterocycles. The summed E-state index contributed by atoms with van der Waals surface area (Å²) < 4.78 is 0. The highest BCUT2D eigenvalue weighted by Gasteiger charge is 2.22. The van der Waals surface area contributed by atoms with Crippen molar-refractivity contribution in [3.05, 3.63) is 75.8 Å². The molecule has 0 atom stereocenters. The fourth-order valence-electron chi connectivity index (χ4n) is 1.56. The van der Waals surface area contributed by atoms with E-state index in [1.54, 1.807) is 0 Å². The minimum atomic E-state index is -0.587. The summed E-state index contributed by atoms with van der Waals surface area (Å²) >= 11 is 0. The monoisotopic (exact) mass is 272 g/mol. The van der Waals surface area contributed by atoms with Gasteiger partial charge in [0.25, 0.3) is 5.69 Å². The van der Waals surface area contributed by atoms with E-state index in [-0.39, 0.29) is 11.3 Å². The van der Waals surface area contributed by atoms with Crippen LogP contribution in [0.15, 0.2) is 54.6 Å². The van der Waals surface area contributed by atoms with Gasteiger partial charge in [-0.3, -0.25) is 10.1 Å². The zero-order chi connectivity index (χ0) is 14.4. The highest BCUT2D eigenvalue weighted by Crippen LogP contribution is 2.12. The van der Waals surface area contributed by atoms with Gasteiger partial charge >= 0.3 is 5.97 Å². The summed E-state index contributed by atoms with van der Waals surface area (Å²) in [5.74, 6) is -0.587. The molecule has 0 saturated carbocycles. The van der Waals surface area contributed by atoms with E-state index in [9.17, 15) is 14.9 Å². The summed E-state index contributed by atoms with van der Waals surface area (Å²) in [5, 5.41) is 10.5. The average molecular weight is 272 g/mol. The molecule has 0 amide bonds. The summed E-state index contributed by atoms with van der Waals surface area (Å²) in [6, 6.07) is 14.7. The van der Waals surface area contributed by atoms with Gasteiger partial charge in [-0.25, -0.2) is 0 Å². The van der Waals surface area contributed by atoms with E-state index < -0.39 is 10.9 Å². The molecule has 20 heavy (non-hydrogen) atoms. The third-order valence-corrected chi connectivity index (χ3v) is 2.60. The van der Waals surface area contributed by atoms with E-state index in [1.807, 2.05) is 30.3 Å². The maximum absolute atomic E-state index is 11.7. The van der Waals surface area contributed by atoms with Crippen molar-refractivity contribution in [1.29, 1.82) is 0 Å². The van der Waals surface area contributed by atoms with E-state index in [2.05, 4.69) is 5.48 Å². The van der Waals surface area contributed by atoms with Crippen LogP contribution in [0, 0.1) is 10.1 Å². The third-order valence-electron chi connectivity index (χ3n) is 2.60. The van der Waals surface area contributed by atoms with Gasteiger partial charge in [0.1, 0.15) is 5.56 Å². The highest BCUT2D eigenvalue weighted by atomic mass is 16.7. The Bertz CT molecular complexity index is 596. The number of carbonyl (C=O) groups excluding carboxylic acids is 1. The minimum absolute atomic E-state index is 0.0706. The van der Waals surface area contributed by atoms with Crippen LogP contribution >= 0.6 is 0 Å². The standard InChI is InChI=1S/C14H12N2O4/c17-14(12-6-8-13(9-7-12)16(18)19)20-15-10-11-4-2-1-3-5-11/h1-9,15H,10H2/q+1. The Morgan fingerprint density at radius 3 is 2.40 bits per heavy atom. The lowest BCUT2D eigenvalue weighted by molar-refractivity contribution is -0.384. The molecule has 0 spiro atoms. The number of nitro benzene ring substituents is 1. The predicted molar refractivity (Wildman–Crippen MR) is 71.8 cm³/mol. The highest BCUT2D eigenvalue weighted by molar-refractivity contribution is 5.89. The SMILES string of the molecule is O=[N+]([O-])c1ccc(C(=[O+])ONCc2ccccc2)cc1. The van der Waals surface area contributed by atoms with Crippen LogP contribution in [0.3, 0.4) is 0 Å². The van der Waals surface area contributed by atoms with Crippen molar-refractivity contribution in [2.75, 3.05) is 0 Å². The van der Waals surface area contributed by atoms with E-state index in [1.165, 1.54) is 24.3 Å². The largest absolute Gasteiger partial charge is 0.630 e. The van der Waals surface area contributed by atoms with Gasteiger partial charge < -0.3 is 0 Å². The molecule has 6 heteroatoms. The molecule has 0 heterocycles. The number of rotatable bonds is 5. The number of nitrogens with one attached hydrogen (secondary N) is 1. The quantitative estimate of drug-likeness (QED) is 0.513. The van der Waals surface area contributed by atoms with Crippen molar-refractivity contribution in [3.63, 3.8) is 0 Å². The molecule has 2 aromatic carbocycles. The molecule has 101 valence electrons. The van der Waals surface area contributed by atoms with Crippen LogP contribution in [-0.4, -0.2) is 10.9 Å². The molecule has 6 nitrogen and oxygen atoms in total. The smallest absolute Gasteiger partial charge is 0.258 e. The Hall–Kier alpha value is -2.73. The average Bonchev–Trinajstić information content (AvgIpc) is 2.48. The first-order chi connectivity index (χ1) is 9.66. The van der Waals surface area contributed by atoms with Crippen LogP contribution in [0.5, 0.6) is 0 Å². The number of benzene rings is 2. The van der Waals surface area contributed by atoms with Crippen LogP contribution in [0.2, 0.25) is 0 Å². The van der Waals surface area contributed by atoms with Gasteiger partial charge in [0.2, 0.25) is 0 Å². The first-order valence-electron chi connectivity index (χ1n) is 5.89. The van der Waals surface area contributed by atoms with Crippen LogP contribution in [-0.2, 0) is 11.4 Å². The van der Waals surface area contributed by atoms with E-state index in [4.69, 9.17) is 4.84 Å². The van der Waals surface area contributed by atoms with E-state index in [0.717, 1.165) is 5.56 Å². The lowest BCUT2D eigenvalue weighted by Crippen LogP contribution is -2.19. The zero-order valence-electron chi connectivity index (χ0n) is 10.5. The number of nitrogens with zero attached hydrogens (tertiary/aromatic N) is 1. The molecule has 0 aliphatic carbocycles. The topological polar surface area (TPSA) is 84.3 Å². The summed E-state index contributed by atoms with van der Waals surface area (Å²) in [4.78, 5) is 26.5. The Morgan fingerprint density at radius 2 is 1.80 bits per heavy atom. The Kier molecular flexibility index (Phi) is 4.41. The number of nitro groups is 1. The number of hydrogen-bond acceptors (Lipinski definition) is 5. The summed E-state index contributed by atoms with van der Waals surface area (Å²) in [5.41, 5.74) is 3.71. The summed E-state index contributed by atoms with van der Waals surface area (Å²) in [6.45, 7) is 0.388. The number of hydrogen-bond donors (Lipinski definition) is 1. The third kappa shape index (κ3) is 3.63. The number of hydroxylamine groups is 1. The van der Waals surface area contributed by atoms with Gasteiger partial charge in [0.05, 0.1) is 16.3 Å². The fourth-order valence-corrected chi connectivity index (χ4v) is 1.56. The van der Waals surface area contributed by atoms with E-state index in [0.29, 0.717) is 6.54 Å². The second-order valence-electron chi connectivity index (χ2n) is 4.00. The van der Waals surface area contributed by atoms with E-state index >= 15 is 0 Å². The summed E-state index contributed by atoms with van der Waals surface area (Å²) in [6.07, 6.45) is 0. The first-order valence-corrected chi connectivity index (χ1v) is 5.89. The molecule has 0 aliphatic rings. The van der Waals surface area contributed by atoms with Crippen molar-refractivity contribution in [1.82, 2.24) is 5.48 Å². The van der Waals surface area contributed by atoms with Crippen molar-refractivity contribution in [2.24, 2.45) is 0 Å². The number of non-ortho nitro benzene ring substituents is 1. The molecule has 0 aromatic heterocycles. The molecular formula is C14H12N2O4+. The maximum atomic E-state index is 11.7. The number of carbonyl (C=O) groups is 1. The van der Waals surface area contributed by atoms with Crippen LogP contribution in [0.1, 0.15) is 15.9 Å². The predicted octanol–water partition coefficient (Wildman–Crippen LogP) is 2.46. The molecule has 1 N–H and O–H groups in total. The zero-order valence-corrected chi connectivity index (χ0v) is 10.5. The lowest BCUT2D eigenvalue weighted by atomic mass is 10.2.